The molecule has 1 aliphatic rings. The molecule has 1 N–H and O–H groups in total. The maximum atomic E-state index is 13.3. The number of ether oxygens (including phenoxy) is 1. The number of alkyl halides is 3. The van der Waals surface area contributed by atoms with Crippen LogP contribution in [0.5, 0.6) is 0 Å². The summed E-state index contributed by atoms with van der Waals surface area (Å²) in [6.07, 6.45) is -3.83. The summed E-state index contributed by atoms with van der Waals surface area (Å²) in [5.41, 5.74) is -0.0313. The van der Waals surface area contributed by atoms with Gasteiger partial charge in [-0.05, 0) is 11.6 Å². The summed E-state index contributed by atoms with van der Waals surface area (Å²) in [7, 11) is 1.69. The molecular weight excluding hydrogens is 357 g/mol. The van der Waals surface area contributed by atoms with Crippen LogP contribution in [0.2, 0.25) is 5.15 Å². The average molecular weight is 373 g/mol. The van der Waals surface area contributed by atoms with E-state index in [1.807, 2.05) is 4.90 Å². The van der Waals surface area contributed by atoms with Crippen molar-refractivity contribution in [2.75, 3.05) is 37.0 Å². The Morgan fingerprint density at radius 3 is 2.76 bits per heavy atom. The van der Waals surface area contributed by atoms with Gasteiger partial charge in [0.1, 0.15) is 18.1 Å². The summed E-state index contributed by atoms with van der Waals surface area (Å²) in [5, 5.41) is 3.19. The Morgan fingerprint density at radius 1 is 1.28 bits per heavy atom. The van der Waals surface area contributed by atoms with Crippen molar-refractivity contribution in [3.63, 3.8) is 0 Å². The third-order valence-electron chi connectivity index (χ3n) is 4.01. The monoisotopic (exact) mass is 372 g/mol. The minimum absolute atomic E-state index is 0.117. The van der Waals surface area contributed by atoms with Gasteiger partial charge in [0.15, 0.2) is 11.0 Å². The Morgan fingerprint density at radius 2 is 2.04 bits per heavy atom. The van der Waals surface area contributed by atoms with Gasteiger partial charge in [0, 0.05) is 20.1 Å². The molecule has 5 nitrogen and oxygen atoms in total. The van der Waals surface area contributed by atoms with E-state index < -0.39 is 17.8 Å². The van der Waals surface area contributed by atoms with Gasteiger partial charge in [0.2, 0.25) is 0 Å². The van der Waals surface area contributed by atoms with Crippen molar-refractivity contribution < 1.29 is 17.9 Å². The van der Waals surface area contributed by atoms with Gasteiger partial charge in [-0.3, -0.25) is 0 Å². The number of anilines is 2. The van der Waals surface area contributed by atoms with Crippen molar-refractivity contribution >= 4 is 23.1 Å². The molecule has 1 saturated heterocycles. The fourth-order valence-electron chi connectivity index (χ4n) is 2.88. The SMILES string of the molecule is CNc1c(Cl)ncnc1N1CCOC(c2ccccc2C(F)(F)F)C1. The number of rotatable bonds is 3. The molecule has 0 spiro atoms. The second kappa shape index (κ2) is 7.05. The predicted molar refractivity (Wildman–Crippen MR) is 88.9 cm³/mol. The fraction of sp³-hybridized carbons (Fsp3) is 0.375. The van der Waals surface area contributed by atoms with Gasteiger partial charge in [-0.15, -0.1) is 0 Å². The molecule has 1 aromatic carbocycles. The molecule has 0 bridgehead atoms. The molecule has 1 aromatic heterocycles. The summed E-state index contributed by atoms with van der Waals surface area (Å²) in [4.78, 5) is 9.99. The molecule has 2 aromatic rings. The lowest BCUT2D eigenvalue weighted by molar-refractivity contribution is -0.139. The summed E-state index contributed by atoms with van der Waals surface area (Å²) < 4.78 is 45.5. The number of halogens is 4. The van der Waals surface area contributed by atoms with Crippen LogP contribution < -0.4 is 10.2 Å². The van der Waals surface area contributed by atoms with Gasteiger partial charge in [-0.2, -0.15) is 13.2 Å². The highest BCUT2D eigenvalue weighted by atomic mass is 35.5. The first kappa shape index (κ1) is 17.8. The van der Waals surface area contributed by atoms with E-state index in [4.69, 9.17) is 16.3 Å². The molecular formula is C16H16ClF3N4O. The molecule has 0 saturated carbocycles. The maximum Gasteiger partial charge on any atom is 0.416 e. The predicted octanol–water partition coefficient (Wildman–Crippen LogP) is 3.77. The van der Waals surface area contributed by atoms with Crippen LogP contribution >= 0.6 is 11.6 Å². The zero-order chi connectivity index (χ0) is 18.0. The summed E-state index contributed by atoms with van der Waals surface area (Å²) in [6.45, 7) is 1.00. The van der Waals surface area contributed by atoms with Gasteiger partial charge in [0.05, 0.1) is 12.2 Å². The summed E-state index contributed by atoms with van der Waals surface area (Å²) in [6, 6.07) is 5.46. The summed E-state index contributed by atoms with van der Waals surface area (Å²) in [5.74, 6) is 0.542. The van der Waals surface area contributed by atoms with Crippen LogP contribution in [0.25, 0.3) is 0 Å². The molecule has 0 aliphatic carbocycles. The van der Waals surface area contributed by atoms with Crippen molar-refractivity contribution in [3.8, 4) is 0 Å². The number of hydrogen-bond donors (Lipinski definition) is 1. The minimum atomic E-state index is -4.43. The Hall–Kier alpha value is -2.06. The van der Waals surface area contributed by atoms with Crippen LogP contribution in [0.3, 0.4) is 0 Å². The lowest BCUT2D eigenvalue weighted by atomic mass is 10.0. The van der Waals surface area contributed by atoms with Crippen LogP contribution in [-0.2, 0) is 10.9 Å². The first-order valence-electron chi connectivity index (χ1n) is 7.62. The van der Waals surface area contributed by atoms with E-state index in [1.165, 1.54) is 18.5 Å². The molecule has 0 radical (unpaired) electrons. The van der Waals surface area contributed by atoms with Crippen LogP contribution in [0, 0.1) is 0 Å². The number of benzene rings is 1. The molecule has 0 amide bonds. The Labute approximate surface area is 147 Å². The van der Waals surface area contributed by atoms with Crippen molar-refractivity contribution in [1.29, 1.82) is 0 Å². The largest absolute Gasteiger partial charge is 0.416 e. The number of nitrogens with one attached hydrogen (secondary N) is 1. The fourth-order valence-corrected chi connectivity index (χ4v) is 3.10. The molecule has 1 fully saturated rings. The minimum Gasteiger partial charge on any atom is -0.383 e. The van der Waals surface area contributed by atoms with Crippen molar-refractivity contribution in [3.05, 3.63) is 46.9 Å². The number of hydrogen-bond acceptors (Lipinski definition) is 5. The third kappa shape index (κ3) is 3.64. The van der Waals surface area contributed by atoms with Gasteiger partial charge in [-0.1, -0.05) is 29.8 Å². The Balaban J connectivity index is 1.92. The van der Waals surface area contributed by atoms with E-state index in [0.717, 1.165) is 6.07 Å². The Bertz CT molecular complexity index is 756. The smallest absolute Gasteiger partial charge is 0.383 e. The highest BCUT2D eigenvalue weighted by molar-refractivity contribution is 6.32. The van der Waals surface area contributed by atoms with E-state index in [-0.39, 0.29) is 23.9 Å². The van der Waals surface area contributed by atoms with E-state index in [0.29, 0.717) is 18.1 Å². The van der Waals surface area contributed by atoms with Crippen LogP contribution in [0.4, 0.5) is 24.7 Å². The molecule has 3 rings (SSSR count). The average Bonchev–Trinajstić information content (AvgIpc) is 2.61. The van der Waals surface area contributed by atoms with Crippen molar-refractivity contribution in [2.45, 2.75) is 12.3 Å². The second-order valence-corrected chi connectivity index (χ2v) is 5.86. The van der Waals surface area contributed by atoms with E-state index in [2.05, 4.69) is 15.3 Å². The highest BCUT2D eigenvalue weighted by Crippen LogP contribution is 2.38. The van der Waals surface area contributed by atoms with Gasteiger partial charge in [0.25, 0.3) is 0 Å². The van der Waals surface area contributed by atoms with Crippen molar-refractivity contribution in [1.82, 2.24) is 9.97 Å². The molecule has 1 unspecified atom stereocenters. The van der Waals surface area contributed by atoms with Gasteiger partial charge >= 0.3 is 6.18 Å². The molecule has 9 heteroatoms. The molecule has 134 valence electrons. The van der Waals surface area contributed by atoms with Gasteiger partial charge < -0.3 is 15.0 Å². The second-order valence-electron chi connectivity index (χ2n) is 5.50. The lowest BCUT2D eigenvalue weighted by Crippen LogP contribution is -2.39. The number of aromatic nitrogens is 2. The van der Waals surface area contributed by atoms with Crippen molar-refractivity contribution in [2.24, 2.45) is 0 Å². The molecule has 1 aliphatic heterocycles. The first-order chi connectivity index (χ1) is 11.9. The first-order valence-corrected chi connectivity index (χ1v) is 8.00. The van der Waals surface area contributed by atoms with Crippen LogP contribution in [0.1, 0.15) is 17.2 Å². The number of nitrogens with zero attached hydrogens (tertiary/aromatic N) is 3. The third-order valence-corrected chi connectivity index (χ3v) is 4.30. The lowest BCUT2D eigenvalue weighted by Gasteiger charge is -2.35. The van der Waals surface area contributed by atoms with Crippen LogP contribution in [0.15, 0.2) is 30.6 Å². The maximum absolute atomic E-state index is 13.3. The number of morpholine rings is 1. The topological polar surface area (TPSA) is 50.3 Å². The summed E-state index contributed by atoms with van der Waals surface area (Å²) >= 11 is 6.07. The normalized spacial score (nSPS) is 18.3. The van der Waals surface area contributed by atoms with E-state index in [1.54, 1.807) is 13.1 Å². The zero-order valence-electron chi connectivity index (χ0n) is 13.3. The quantitative estimate of drug-likeness (QED) is 0.831. The van der Waals surface area contributed by atoms with Crippen LogP contribution in [-0.4, -0.2) is 36.7 Å². The highest BCUT2D eigenvalue weighted by Gasteiger charge is 2.36. The zero-order valence-corrected chi connectivity index (χ0v) is 14.1. The standard InChI is InChI=1S/C16H16ClF3N4O/c1-21-13-14(17)22-9-23-15(13)24-6-7-25-12(8-24)10-4-2-3-5-11(10)16(18,19)20/h2-5,9,12,21H,6-8H2,1H3. The molecule has 25 heavy (non-hydrogen) atoms. The Kier molecular flexibility index (Phi) is 5.01. The van der Waals surface area contributed by atoms with Gasteiger partial charge in [-0.25, -0.2) is 9.97 Å². The van der Waals surface area contributed by atoms with E-state index in [9.17, 15) is 13.2 Å². The molecule has 1 atom stereocenters. The molecule has 2 heterocycles. The van der Waals surface area contributed by atoms with E-state index >= 15 is 0 Å².